The van der Waals surface area contributed by atoms with Crippen molar-refractivity contribution in [3.8, 4) is 12.3 Å². The molecule has 1 aliphatic rings. The second-order valence-electron chi connectivity index (χ2n) is 4.80. The predicted octanol–water partition coefficient (Wildman–Crippen LogP) is 2.96. The highest BCUT2D eigenvalue weighted by Gasteiger charge is 2.33. The fourth-order valence-corrected chi connectivity index (χ4v) is 2.78. The molecule has 1 nitrogen and oxygen atoms in total. The van der Waals surface area contributed by atoms with Crippen molar-refractivity contribution >= 4 is 0 Å². The van der Waals surface area contributed by atoms with Gasteiger partial charge in [-0.3, -0.25) is 0 Å². The molecule has 1 N–H and O–H groups in total. The zero-order valence-corrected chi connectivity index (χ0v) is 9.60. The first-order chi connectivity index (χ1) is 6.73. The molecule has 1 rings (SSSR count). The van der Waals surface area contributed by atoms with Crippen LogP contribution < -0.4 is 5.32 Å². The maximum absolute atomic E-state index is 5.33. The monoisotopic (exact) mass is 193 g/mol. The van der Waals surface area contributed by atoms with Crippen molar-refractivity contribution in [2.75, 3.05) is 7.05 Å². The van der Waals surface area contributed by atoms with E-state index in [1.165, 1.54) is 32.1 Å². The lowest BCUT2D eigenvalue weighted by molar-refractivity contribution is 0.144. The molecule has 0 spiro atoms. The van der Waals surface area contributed by atoms with E-state index >= 15 is 0 Å². The summed E-state index contributed by atoms with van der Waals surface area (Å²) in [6.45, 7) is 2.42. The predicted molar refractivity (Wildman–Crippen MR) is 62.1 cm³/mol. The van der Waals surface area contributed by atoms with Crippen LogP contribution in [0.1, 0.15) is 51.9 Å². The van der Waals surface area contributed by atoms with Crippen molar-refractivity contribution in [3.63, 3.8) is 0 Å². The smallest absolute Gasteiger partial charge is 0.0127 e. The van der Waals surface area contributed by atoms with Gasteiger partial charge in [-0.15, -0.1) is 12.3 Å². The zero-order chi connectivity index (χ0) is 10.4. The summed E-state index contributed by atoms with van der Waals surface area (Å²) in [5, 5.41) is 3.45. The Labute approximate surface area is 88.7 Å². The summed E-state index contributed by atoms with van der Waals surface area (Å²) in [6.07, 6.45) is 14.3. The molecule has 0 aromatic carbocycles. The molecule has 0 aliphatic heterocycles. The van der Waals surface area contributed by atoms with Crippen LogP contribution >= 0.6 is 0 Å². The molecular formula is C13H23N. The van der Waals surface area contributed by atoms with E-state index in [9.17, 15) is 0 Å². The van der Waals surface area contributed by atoms with E-state index in [1.807, 2.05) is 0 Å². The van der Waals surface area contributed by atoms with Gasteiger partial charge in [0, 0.05) is 12.5 Å². The van der Waals surface area contributed by atoms with Crippen LogP contribution in [0.25, 0.3) is 0 Å². The van der Waals surface area contributed by atoms with Gasteiger partial charge in [-0.05, 0) is 31.7 Å². The van der Waals surface area contributed by atoms with E-state index in [1.54, 1.807) is 0 Å². The van der Waals surface area contributed by atoms with Crippen molar-refractivity contribution in [3.05, 3.63) is 0 Å². The minimum Gasteiger partial charge on any atom is -0.316 e. The first-order valence-electron chi connectivity index (χ1n) is 5.83. The fraction of sp³-hybridized carbons (Fsp3) is 0.846. The largest absolute Gasteiger partial charge is 0.316 e. The Kier molecular flexibility index (Phi) is 4.48. The molecule has 1 saturated carbocycles. The van der Waals surface area contributed by atoms with Crippen molar-refractivity contribution in [2.24, 2.45) is 5.41 Å². The molecule has 1 aliphatic carbocycles. The highest BCUT2D eigenvalue weighted by atomic mass is 14.9. The molecular weight excluding hydrogens is 170 g/mol. The van der Waals surface area contributed by atoms with Gasteiger partial charge in [0.05, 0.1) is 0 Å². The van der Waals surface area contributed by atoms with Crippen LogP contribution in [0.15, 0.2) is 0 Å². The molecule has 1 fully saturated rings. The lowest BCUT2D eigenvalue weighted by Crippen LogP contribution is -2.43. The van der Waals surface area contributed by atoms with Crippen LogP contribution in [-0.2, 0) is 0 Å². The van der Waals surface area contributed by atoms with E-state index in [0.717, 1.165) is 12.8 Å². The normalized spacial score (nSPS) is 22.6. The maximum atomic E-state index is 5.33. The molecule has 0 bridgehead atoms. The highest BCUT2D eigenvalue weighted by molar-refractivity contribution is 4.93. The molecule has 0 aromatic rings. The quantitative estimate of drug-likeness (QED) is 0.677. The van der Waals surface area contributed by atoms with Crippen molar-refractivity contribution < 1.29 is 0 Å². The summed E-state index contributed by atoms with van der Waals surface area (Å²) < 4.78 is 0. The minimum atomic E-state index is 0.490. The standard InChI is InChI=1S/C13H23N/c1-4-5-9-12(14-3)13(2)10-7-6-8-11-13/h1,12,14H,5-11H2,2-3H3. The van der Waals surface area contributed by atoms with Gasteiger partial charge < -0.3 is 5.32 Å². The lowest BCUT2D eigenvalue weighted by atomic mass is 9.69. The minimum absolute atomic E-state index is 0.490. The van der Waals surface area contributed by atoms with Crippen molar-refractivity contribution in [2.45, 2.75) is 57.9 Å². The van der Waals surface area contributed by atoms with Gasteiger partial charge >= 0.3 is 0 Å². The average Bonchev–Trinajstić information content (AvgIpc) is 2.20. The molecule has 0 heterocycles. The number of rotatable bonds is 4. The van der Waals surface area contributed by atoms with Crippen LogP contribution in [0, 0.1) is 17.8 Å². The zero-order valence-electron chi connectivity index (χ0n) is 9.60. The van der Waals surface area contributed by atoms with Gasteiger partial charge in [0.1, 0.15) is 0 Å². The van der Waals surface area contributed by atoms with Crippen molar-refractivity contribution in [1.29, 1.82) is 0 Å². The van der Waals surface area contributed by atoms with Gasteiger partial charge in [0.15, 0.2) is 0 Å². The molecule has 14 heavy (non-hydrogen) atoms. The average molecular weight is 193 g/mol. The summed E-state index contributed by atoms with van der Waals surface area (Å²) in [7, 11) is 2.07. The van der Waals surface area contributed by atoms with Gasteiger partial charge in [-0.2, -0.15) is 0 Å². The van der Waals surface area contributed by atoms with E-state index in [2.05, 4.69) is 25.2 Å². The summed E-state index contributed by atoms with van der Waals surface area (Å²) in [6, 6.07) is 0.610. The Bertz CT molecular complexity index is 196. The molecule has 1 unspecified atom stereocenters. The van der Waals surface area contributed by atoms with Gasteiger partial charge in [0.25, 0.3) is 0 Å². The Balaban J connectivity index is 2.52. The highest BCUT2D eigenvalue weighted by Crippen LogP contribution is 2.39. The van der Waals surface area contributed by atoms with E-state index in [0.29, 0.717) is 11.5 Å². The molecule has 0 radical (unpaired) electrons. The molecule has 0 saturated heterocycles. The van der Waals surface area contributed by atoms with E-state index < -0.39 is 0 Å². The number of hydrogen-bond donors (Lipinski definition) is 1. The second kappa shape index (κ2) is 5.41. The topological polar surface area (TPSA) is 12.0 Å². The number of hydrogen-bond acceptors (Lipinski definition) is 1. The number of nitrogens with one attached hydrogen (secondary N) is 1. The lowest BCUT2D eigenvalue weighted by Gasteiger charge is -2.40. The molecule has 0 aromatic heterocycles. The van der Waals surface area contributed by atoms with Crippen LogP contribution in [-0.4, -0.2) is 13.1 Å². The van der Waals surface area contributed by atoms with E-state index in [-0.39, 0.29) is 0 Å². The third-order valence-electron chi connectivity index (χ3n) is 3.76. The van der Waals surface area contributed by atoms with Gasteiger partial charge in [0.2, 0.25) is 0 Å². The first-order valence-corrected chi connectivity index (χ1v) is 5.83. The summed E-state index contributed by atoms with van der Waals surface area (Å²) in [5.41, 5.74) is 0.490. The number of terminal acetylenes is 1. The maximum Gasteiger partial charge on any atom is 0.0127 e. The summed E-state index contributed by atoms with van der Waals surface area (Å²) in [4.78, 5) is 0. The SMILES string of the molecule is C#CCCC(NC)C1(C)CCCCC1. The molecule has 1 heteroatoms. The summed E-state index contributed by atoms with van der Waals surface area (Å²) in [5.74, 6) is 2.75. The van der Waals surface area contributed by atoms with Crippen LogP contribution in [0.4, 0.5) is 0 Å². The Morgan fingerprint density at radius 1 is 1.36 bits per heavy atom. The Morgan fingerprint density at radius 3 is 2.50 bits per heavy atom. The van der Waals surface area contributed by atoms with Gasteiger partial charge in [-0.1, -0.05) is 26.2 Å². The molecule has 80 valence electrons. The van der Waals surface area contributed by atoms with Crippen LogP contribution in [0.3, 0.4) is 0 Å². The second-order valence-corrected chi connectivity index (χ2v) is 4.80. The molecule has 1 atom stereocenters. The Hall–Kier alpha value is -0.480. The van der Waals surface area contributed by atoms with Gasteiger partial charge in [-0.25, -0.2) is 0 Å². The molecule has 0 amide bonds. The first kappa shape index (κ1) is 11.6. The van der Waals surface area contributed by atoms with Crippen LogP contribution in [0.5, 0.6) is 0 Å². The van der Waals surface area contributed by atoms with E-state index in [4.69, 9.17) is 6.42 Å². The Morgan fingerprint density at radius 2 is 2.00 bits per heavy atom. The van der Waals surface area contributed by atoms with Crippen LogP contribution in [0.2, 0.25) is 0 Å². The third kappa shape index (κ3) is 2.75. The fourth-order valence-electron chi connectivity index (χ4n) is 2.78. The van der Waals surface area contributed by atoms with Crippen molar-refractivity contribution in [1.82, 2.24) is 5.32 Å². The third-order valence-corrected chi connectivity index (χ3v) is 3.76. The summed E-state index contributed by atoms with van der Waals surface area (Å²) >= 11 is 0.